The molecule has 1 aliphatic rings. The van der Waals surface area contributed by atoms with Crippen LogP contribution in [0.3, 0.4) is 0 Å². The van der Waals surface area contributed by atoms with Crippen molar-refractivity contribution in [2.75, 3.05) is 11.5 Å². The molecule has 1 aromatic carbocycles. The zero-order valence-corrected chi connectivity index (χ0v) is 11.6. The lowest BCUT2D eigenvalue weighted by Gasteiger charge is -2.26. The van der Waals surface area contributed by atoms with E-state index in [2.05, 4.69) is 0 Å². The summed E-state index contributed by atoms with van der Waals surface area (Å²) < 4.78 is 5.72. The van der Waals surface area contributed by atoms with Crippen LogP contribution in [0.5, 0.6) is 5.75 Å². The van der Waals surface area contributed by atoms with Crippen LogP contribution in [0, 0.1) is 5.92 Å². The van der Waals surface area contributed by atoms with Gasteiger partial charge in [0.1, 0.15) is 11.9 Å². The fourth-order valence-corrected chi connectivity index (χ4v) is 2.48. The van der Waals surface area contributed by atoms with Gasteiger partial charge >= 0.3 is 5.97 Å². The van der Waals surface area contributed by atoms with Crippen LogP contribution in [0.1, 0.15) is 12.5 Å². The van der Waals surface area contributed by atoms with Gasteiger partial charge < -0.3 is 9.84 Å². The Bertz CT molecular complexity index is 446. The van der Waals surface area contributed by atoms with Gasteiger partial charge in [-0.15, -0.1) is 0 Å². The van der Waals surface area contributed by atoms with Crippen molar-refractivity contribution in [3.63, 3.8) is 0 Å². The number of ether oxygens (including phenoxy) is 1. The zero-order chi connectivity index (χ0) is 13.1. The fraction of sp³-hybridized carbons (Fsp3) is 0.462. The molecular weight excluding hydrogens is 272 g/mol. The topological polar surface area (TPSA) is 46.5 Å². The fourth-order valence-electron chi connectivity index (χ4n) is 1.67. The van der Waals surface area contributed by atoms with E-state index in [9.17, 15) is 4.79 Å². The monoisotopic (exact) mass is 286 g/mol. The smallest absolute Gasteiger partial charge is 0.306 e. The van der Waals surface area contributed by atoms with E-state index >= 15 is 0 Å². The molecule has 98 valence electrons. The second-order valence-electron chi connectivity index (χ2n) is 4.49. The largest absolute Gasteiger partial charge is 0.487 e. The molecular formula is C13H15ClO3S. The Morgan fingerprint density at radius 1 is 1.61 bits per heavy atom. The molecule has 5 heteroatoms. The van der Waals surface area contributed by atoms with E-state index in [1.807, 2.05) is 23.9 Å². The minimum absolute atomic E-state index is 0.260. The number of carbonyl (C=O) groups is 1. The predicted octanol–water partition coefficient (Wildman–Crippen LogP) is 3.10. The van der Waals surface area contributed by atoms with Crippen LogP contribution in [-0.4, -0.2) is 28.7 Å². The van der Waals surface area contributed by atoms with Crippen LogP contribution in [-0.2, 0) is 11.2 Å². The molecule has 1 saturated heterocycles. The van der Waals surface area contributed by atoms with Crippen LogP contribution in [0.15, 0.2) is 18.2 Å². The Morgan fingerprint density at radius 3 is 2.83 bits per heavy atom. The summed E-state index contributed by atoms with van der Waals surface area (Å²) in [6, 6.07) is 5.50. The maximum Gasteiger partial charge on any atom is 0.306 e. The van der Waals surface area contributed by atoms with E-state index in [4.69, 9.17) is 21.4 Å². The lowest BCUT2D eigenvalue weighted by Crippen LogP contribution is -2.31. The lowest BCUT2D eigenvalue weighted by molar-refractivity contribution is -0.141. The van der Waals surface area contributed by atoms with Crippen molar-refractivity contribution >= 4 is 29.3 Å². The number of hydrogen-bond donors (Lipinski definition) is 1. The summed E-state index contributed by atoms with van der Waals surface area (Å²) in [5.74, 6) is 1.50. The first-order chi connectivity index (χ1) is 8.56. The van der Waals surface area contributed by atoms with E-state index in [0.29, 0.717) is 17.2 Å². The number of carboxylic acid groups (broad SMARTS) is 1. The Labute approximate surface area is 115 Å². The van der Waals surface area contributed by atoms with Gasteiger partial charge in [0.05, 0.1) is 10.9 Å². The van der Waals surface area contributed by atoms with Crippen molar-refractivity contribution in [3.05, 3.63) is 28.8 Å². The molecule has 0 saturated carbocycles. The molecule has 1 atom stereocenters. The number of benzene rings is 1. The number of halogens is 1. The highest BCUT2D eigenvalue weighted by Crippen LogP contribution is 2.30. The molecule has 0 aromatic heterocycles. The van der Waals surface area contributed by atoms with Crippen molar-refractivity contribution in [2.24, 2.45) is 5.92 Å². The lowest BCUT2D eigenvalue weighted by atomic mass is 10.0. The number of thioether (sulfide) groups is 1. The number of rotatable bonds is 5. The third-order valence-electron chi connectivity index (χ3n) is 2.86. The number of aliphatic carboxylic acids is 1. The summed E-state index contributed by atoms with van der Waals surface area (Å²) >= 11 is 7.99. The van der Waals surface area contributed by atoms with Crippen LogP contribution in [0.2, 0.25) is 5.02 Å². The Balaban J connectivity index is 2.01. The van der Waals surface area contributed by atoms with Gasteiger partial charge in [0.15, 0.2) is 0 Å². The Hall–Kier alpha value is -0.870. The van der Waals surface area contributed by atoms with Crippen molar-refractivity contribution in [1.82, 2.24) is 0 Å². The third kappa shape index (κ3) is 3.33. The standard InChI is InChI=1S/C13H15ClO3S/c1-8(13(15)16)4-9-2-3-12(11(14)5-9)17-10-6-18-7-10/h2-3,5,8,10H,4,6-7H2,1H3,(H,15,16). The van der Waals surface area contributed by atoms with Crippen molar-refractivity contribution in [1.29, 1.82) is 0 Å². The molecule has 0 spiro atoms. The number of hydrogen-bond acceptors (Lipinski definition) is 3. The molecule has 1 fully saturated rings. The average Bonchev–Trinajstić information content (AvgIpc) is 2.25. The van der Waals surface area contributed by atoms with E-state index < -0.39 is 11.9 Å². The van der Waals surface area contributed by atoms with Gasteiger partial charge in [-0.25, -0.2) is 0 Å². The van der Waals surface area contributed by atoms with Gasteiger partial charge in [0, 0.05) is 11.5 Å². The first-order valence-corrected chi connectivity index (χ1v) is 7.35. The second-order valence-corrected chi connectivity index (χ2v) is 5.97. The van der Waals surface area contributed by atoms with Crippen molar-refractivity contribution in [2.45, 2.75) is 19.4 Å². The van der Waals surface area contributed by atoms with Gasteiger partial charge in [-0.2, -0.15) is 11.8 Å². The summed E-state index contributed by atoms with van der Waals surface area (Å²) in [7, 11) is 0. The average molecular weight is 287 g/mol. The molecule has 0 bridgehead atoms. The van der Waals surface area contributed by atoms with E-state index in [1.165, 1.54) is 0 Å². The molecule has 18 heavy (non-hydrogen) atoms. The molecule has 1 heterocycles. The molecule has 1 N–H and O–H groups in total. The quantitative estimate of drug-likeness (QED) is 0.903. The van der Waals surface area contributed by atoms with E-state index in [-0.39, 0.29) is 6.10 Å². The summed E-state index contributed by atoms with van der Waals surface area (Å²) in [5.41, 5.74) is 0.922. The van der Waals surface area contributed by atoms with Crippen LogP contribution in [0.25, 0.3) is 0 Å². The molecule has 3 nitrogen and oxygen atoms in total. The van der Waals surface area contributed by atoms with Crippen LogP contribution >= 0.6 is 23.4 Å². The van der Waals surface area contributed by atoms with Crippen molar-refractivity contribution < 1.29 is 14.6 Å². The SMILES string of the molecule is CC(Cc1ccc(OC2CSC2)c(Cl)c1)C(=O)O. The minimum atomic E-state index is -0.794. The molecule has 1 aromatic rings. The second kappa shape index (κ2) is 5.85. The normalized spacial score (nSPS) is 17.0. The summed E-state index contributed by atoms with van der Waals surface area (Å²) in [5, 5.41) is 9.42. The summed E-state index contributed by atoms with van der Waals surface area (Å²) in [6.45, 7) is 1.69. The van der Waals surface area contributed by atoms with Gasteiger partial charge in [-0.05, 0) is 24.1 Å². The van der Waals surface area contributed by atoms with Gasteiger partial charge in [0.25, 0.3) is 0 Å². The zero-order valence-electron chi connectivity index (χ0n) is 10.1. The molecule has 0 aliphatic carbocycles. The molecule has 1 aliphatic heterocycles. The molecule has 0 radical (unpaired) electrons. The molecule has 2 rings (SSSR count). The number of carboxylic acids is 1. The maximum absolute atomic E-state index is 10.8. The first-order valence-electron chi connectivity index (χ1n) is 5.82. The summed E-state index contributed by atoms with van der Waals surface area (Å²) in [6.07, 6.45) is 0.741. The van der Waals surface area contributed by atoms with Gasteiger partial charge in [0.2, 0.25) is 0 Å². The maximum atomic E-state index is 10.8. The predicted molar refractivity (Wildman–Crippen MR) is 73.7 cm³/mol. The van der Waals surface area contributed by atoms with Crippen LogP contribution < -0.4 is 4.74 Å². The Kier molecular flexibility index (Phi) is 4.40. The first kappa shape index (κ1) is 13.6. The Morgan fingerprint density at radius 2 is 2.33 bits per heavy atom. The van der Waals surface area contributed by atoms with Gasteiger partial charge in [-0.1, -0.05) is 24.6 Å². The van der Waals surface area contributed by atoms with Crippen molar-refractivity contribution in [3.8, 4) is 5.75 Å². The molecule has 1 unspecified atom stereocenters. The van der Waals surface area contributed by atoms with Crippen LogP contribution in [0.4, 0.5) is 0 Å². The highest BCUT2D eigenvalue weighted by Gasteiger charge is 2.21. The summed E-state index contributed by atoms with van der Waals surface area (Å²) in [4.78, 5) is 10.8. The molecule has 0 amide bonds. The minimum Gasteiger partial charge on any atom is -0.487 e. The third-order valence-corrected chi connectivity index (χ3v) is 4.37. The highest BCUT2D eigenvalue weighted by molar-refractivity contribution is 8.00. The van der Waals surface area contributed by atoms with Gasteiger partial charge in [-0.3, -0.25) is 4.79 Å². The van der Waals surface area contributed by atoms with E-state index in [0.717, 1.165) is 17.1 Å². The van der Waals surface area contributed by atoms with E-state index in [1.54, 1.807) is 13.0 Å². The highest BCUT2D eigenvalue weighted by atomic mass is 35.5.